The van der Waals surface area contributed by atoms with Gasteiger partial charge in [-0.05, 0) is 75.0 Å². The monoisotopic (exact) mass is 320 g/mol. The molecule has 0 rings (SSSR count). The van der Waals surface area contributed by atoms with E-state index in [0.717, 1.165) is 0 Å². The van der Waals surface area contributed by atoms with Crippen LogP contribution in [0.2, 0.25) is 19.6 Å². The van der Waals surface area contributed by atoms with Crippen LogP contribution in [0.1, 0.15) is 55.4 Å². The summed E-state index contributed by atoms with van der Waals surface area (Å²) in [5.41, 5.74) is 0. The first-order valence-corrected chi connectivity index (χ1v) is 12.5. The zero-order chi connectivity index (χ0) is 16.2. The summed E-state index contributed by atoms with van der Waals surface area (Å²) in [4.78, 5) is 0. The summed E-state index contributed by atoms with van der Waals surface area (Å²) in [6.45, 7) is 25.1. The molecule has 0 fully saturated rings. The quantitative estimate of drug-likeness (QED) is 0.446. The van der Waals surface area contributed by atoms with Crippen LogP contribution in [0, 0.1) is 0 Å². The van der Waals surface area contributed by atoms with Gasteiger partial charge in [-0.2, -0.15) is 0 Å². The van der Waals surface area contributed by atoms with E-state index in [4.69, 9.17) is 4.21 Å². The highest BCUT2D eigenvalue weighted by Gasteiger charge is 2.37. The van der Waals surface area contributed by atoms with Crippen molar-refractivity contribution >= 4 is 16.8 Å². The summed E-state index contributed by atoms with van der Waals surface area (Å²) in [5.74, 6) is 0. The molecule has 0 aromatic carbocycles. The summed E-state index contributed by atoms with van der Waals surface area (Å²) in [6.07, 6.45) is 0. The van der Waals surface area contributed by atoms with Gasteiger partial charge in [-0.15, -0.1) is 0 Å². The Labute approximate surface area is 130 Å². The molecule has 0 amide bonds. The lowest BCUT2D eigenvalue weighted by Gasteiger charge is -2.47. The van der Waals surface area contributed by atoms with Gasteiger partial charge in [0, 0.05) is 24.2 Å². The average molecular weight is 321 g/mol. The minimum absolute atomic E-state index is 0.498. The molecule has 3 nitrogen and oxygen atoms in total. The summed E-state index contributed by atoms with van der Waals surface area (Å²) in [5, 5.41) is 0. The molecule has 0 aliphatic carbocycles. The van der Waals surface area contributed by atoms with Gasteiger partial charge in [-0.3, -0.25) is 0 Å². The Morgan fingerprint density at radius 3 is 1.05 bits per heavy atom. The van der Waals surface area contributed by atoms with E-state index in [9.17, 15) is 0 Å². The lowest BCUT2D eigenvalue weighted by Crippen LogP contribution is -2.45. The van der Waals surface area contributed by atoms with Gasteiger partial charge in [0.2, 0.25) is 0 Å². The Hall–Kier alpha value is 0.527. The molecule has 0 aliphatic rings. The minimum Gasteiger partial charge on any atom is -0.373 e. The highest BCUT2D eigenvalue weighted by Crippen LogP contribution is 2.52. The molecular formula is C15H37N2OPSi. The molecule has 0 heterocycles. The molecule has 20 heavy (non-hydrogen) atoms. The Balaban J connectivity index is 5.54. The maximum absolute atomic E-state index is 6.66. The fourth-order valence-electron chi connectivity index (χ4n) is 2.44. The summed E-state index contributed by atoms with van der Waals surface area (Å²) in [6, 6.07) is 1.99. The second-order valence-corrected chi connectivity index (χ2v) is 14.0. The molecule has 0 radical (unpaired) electrons. The number of rotatable bonds is 8. The molecule has 0 N–H and O–H groups in total. The second kappa shape index (κ2) is 8.24. The molecule has 122 valence electrons. The molecule has 5 heteroatoms. The summed E-state index contributed by atoms with van der Waals surface area (Å²) >= 11 is 0. The highest BCUT2D eigenvalue weighted by molar-refractivity contribution is 7.49. The summed E-state index contributed by atoms with van der Waals surface area (Å²) < 4.78 is 11.8. The van der Waals surface area contributed by atoms with Crippen LogP contribution in [0.15, 0.2) is 0 Å². The molecule has 0 spiro atoms. The van der Waals surface area contributed by atoms with Crippen molar-refractivity contribution in [3.63, 3.8) is 0 Å². The van der Waals surface area contributed by atoms with Gasteiger partial charge in [0.25, 0.3) is 0 Å². The Bertz CT molecular complexity index is 242. The van der Waals surface area contributed by atoms with Crippen LogP contribution in [0.4, 0.5) is 0 Å². The Morgan fingerprint density at radius 1 is 0.650 bits per heavy atom. The molecule has 0 saturated heterocycles. The van der Waals surface area contributed by atoms with Crippen molar-refractivity contribution in [2.75, 3.05) is 0 Å². The smallest absolute Gasteiger partial charge is 0.191 e. The highest BCUT2D eigenvalue weighted by atomic mass is 31.2. The van der Waals surface area contributed by atoms with Crippen molar-refractivity contribution in [1.82, 2.24) is 9.34 Å². The number of hydrogen-bond donors (Lipinski definition) is 0. The molecular weight excluding hydrogens is 283 g/mol. The van der Waals surface area contributed by atoms with Gasteiger partial charge >= 0.3 is 0 Å². The van der Waals surface area contributed by atoms with Gasteiger partial charge in [-0.1, -0.05) is 0 Å². The lowest BCUT2D eigenvalue weighted by molar-refractivity contribution is 0.224. The molecule has 0 unspecified atom stereocenters. The third-order valence-electron chi connectivity index (χ3n) is 2.87. The molecule has 0 atom stereocenters. The van der Waals surface area contributed by atoms with Crippen molar-refractivity contribution in [3.05, 3.63) is 0 Å². The molecule has 0 bridgehead atoms. The van der Waals surface area contributed by atoms with Crippen LogP contribution in [-0.2, 0) is 4.21 Å². The van der Waals surface area contributed by atoms with Crippen LogP contribution in [0.3, 0.4) is 0 Å². The van der Waals surface area contributed by atoms with Gasteiger partial charge in [0.05, 0.1) is 0 Å². The van der Waals surface area contributed by atoms with Crippen molar-refractivity contribution in [2.45, 2.75) is 99.2 Å². The Morgan fingerprint density at radius 2 is 0.900 bits per heavy atom. The average Bonchev–Trinajstić information content (AvgIpc) is 2.11. The summed E-state index contributed by atoms with van der Waals surface area (Å²) in [7, 11) is -2.29. The third-order valence-corrected chi connectivity index (χ3v) is 8.35. The largest absolute Gasteiger partial charge is 0.373 e. The normalized spacial score (nSPS) is 14.1. The van der Waals surface area contributed by atoms with Crippen LogP contribution in [0.5, 0.6) is 0 Å². The molecule has 0 aliphatic heterocycles. The zero-order valence-electron chi connectivity index (χ0n) is 15.6. The van der Waals surface area contributed by atoms with Gasteiger partial charge in [0.15, 0.2) is 16.8 Å². The first-order valence-electron chi connectivity index (χ1n) is 7.94. The molecule has 0 saturated carbocycles. The SMILES string of the molecule is CC(C)N(C(C)C)P(O[Si](C)(C)C)N(C(C)C)C(C)C. The fraction of sp³-hybridized carbons (Fsp3) is 1.00. The van der Waals surface area contributed by atoms with E-state index in [1.807, 2.05) is 0 Å². The van der Waals surface area contributed by atoms with Crippen LogP contribution in [0.25, 0.3) is 0 Å². The fourth-order valence-corrected chi connectivity index (χ4v) is 6.97. The minimum atomic E-state index is -1.58. The van der Waals surface area contributed by atoms with Crippen LogP contribution < -0.4 is 0 Å². The van der Waals surface area contributed by atoms with E-state index in [0.29, 0.717) is 24.2 Å². The van der Waals surface area contributed by atoms with Crippen LogP contribution in [-0.4, -0.2) is 41.8 Å². The standard InChI is InChI=1S/C15H37N2OPSi/c1-12(2)16(13(3)4)19(18-20(9,10)11)17(14(5)6)15(7)8/h12-15H,1-11H3. The molecule has 0 aromatic heterocycles. The first-order chi connectivity index (χ1) is 8.88. The zero-order valence-corrected chi connectivity index (χ0v) is 17.5. The number of hydrogen-bond acceptors (Lipinski definition) is 3. The maximum Gasteiger partial charge on any atom is 0.191 e. The van der Waals surface area contributed by atoms with E-state index >= 15 is 0 Å². The van der Waals surface area contributed by atoms with Crippen molar-refractivity contribution in [1.29, 1.82) is 0 Å². The van der Waals surface area contributed by atoms with E-state index in [1.165, 1.54) is 0 Å². The van der Waals surface area contributed by atoms with E-state index in [2.05, 4.69) is 84.4 Å². The van der Waals surface area contributed by atoms with E-state index in [-0.39, 0.29) is 0 Å². The predicted molar refractivity (Wildman–Crippen MR) is 95.6 cm³/mol. The van der Waals surface area contributed by atoms with E-state index < -0.39 is 16.8 Å². The van der Waals surface area contributed by atoms with Crippen molar-refractivity contribution in [2.24, 2.45) is 0 Å². The first kappa shape index (κ1) is 20.5. The second-order valence-electron chi connectivity index (χ2n) is 7.59. The van der Waals surface area contributed by atoms with Gasteiger partial charge in [0.1, 0.15) is 0 Å². The van der Waals surface area contributed by atoms with Crippen molar-refractivity contribution in [3.8, 4) is 0 Å². The predicted octanol–water partition coefficient (Wildman–Crippen LogP) is 5.30. The van der Waals surface area contributed by atoms with Gasteiger partial charge < -0.3 is 4.21 Å². The van der Waals surface area contributed by atoms with Gasteiger partial charge in [-0.25, -0.2) is 9.34 Å². The number of nitrogens with zero attached hydrogens (tertiary/aromatic N) is 2. The van der Waals surface area contributed by atoms with Crippen molar-refractivity contribution < 1.29 is 4.21 Å². The maximum atomic E-state index is 6.66. The lowest BCUT2D eigenvalue weighted by atomic mass is 10.3. The molecule has 0 aromatic rings. The van der Waals surface area contributed by atoms with E-state index in [1.54, 1.807) is 0 Å². The topological polar surface area (TPSA) is 15.7 Å². The third kappa shape index (κ3) is 6.53. The van der Waals surface area contributed by atoms with Crippen LogP contribution >= 0.6 is 8.45 Å². The Kier molecular flexibility index (Phi) is 8.45.